The van der Waals surface area contributed by atoms with Gasteiger partial charge in [0.15, 0.2) is 0 Å². The van der Waals surface area contributed by atoms with Gasteiger partial charge in [0.25, 0.3) is 0 Å². The van der Waals surface area contributed by atoms with Crippen molar-refractivity contribution in [1.29, 1.82) is 0 Å². The Hall–Kier alpha value is 0. The summed E-state index contributed by atoms with van der Waals surface area (Å²) in [6.45, 7) is 7.01. The highest BCUT2D eigenvalue weighted by atomic mass is 14.3. The fraction of sp³-hybridized carbons (Fsp3) is 0.889. The molecule has 0 amide bonds. The molecular weight excluding hydrogens is 108 g/mol. The average molecular weight is 125 g/mol. The Bertz CT molecular complexity index is 61.0. The van der Waals surface area contributed by atoms with E-state index in [1.165, 1.54) is 12.8 Å². The summed E-state index contributed by atoms with van der Waals surface area (Å²) >= 11 is 0. The molecule has 0 heterocycles. The second-order valence-corrected chi connectivity index (χ2v) is 3.72. The van der Waals surface area contributed by atoms with Gasteiger partial charge < -0.3 is 0 Å². The molecule has 0 aromatic heterocycles. The fourth-order valence-corrected chi connectivity index (χ4v) is 2.08. The van der Waals surface area contributed by atoms with Gasteiger partial charge in [-0.3, -0.25) is 0 Å². The van der Waals surface area contributed by atoms with Crippen LogP contribution in [0.4, 0.5) is 0 Å². The zero-order valence-electron chi connectivity index (χ0n) is 6.72. The summed E-state index contributed by atoms with van der Waals surface area (Å²) in [6.07, 6.45) is 5.30. The van der Waals surface area contributed by atoms with Gasteiger partial charge in [-0.2, -0.15) is 0 Å². The van der Waals surface area contributed by atoms with Gasteiger partial charge in [0.05, 0.1) is 0 Å². The molecule has 1 aliphatic rings. The molecule has 0 aromatic rings. The van der Waals surface area contributed by atoms with E-state index in [-0.39, 0.29) is 0 Å². The highest BCUT2D eigenvalue weighted by Crippen LogP contribution is 2.31. The molecule has 1 rings (SSSR count). The van der Waals surface area contributed by atoms with Crippen molar-refractivity contribution in [1.82, 2.24) is 0 Å². The van der Waals surface area contributed by atoms with E-state index in [1.807, 2.05) is 0 Å². The molecule has 1 aliphatic carbocycles. The molecule has 0 aliphatic heterocycles. The lowest BCUT2D eigenvalue weighted by molar-refractivity contribution is 0.305. The Balaban J connectivity index is 2.34. The van der Waals surface area contributed by atoms with Crippen molar-refractivity contribution in [2.75, 3.05) is 0 Å². The maximum atomic E-state index is 2.49. The molecular formula is C9H17. The number of hydrogen-bond acceptors (Lipinski definition) is 0. The van der Waals surface area contributed by atoms with Gasteiger partial charge in [-0.1, -0.05) is 20.8 Å². The van der Waals surface area contributed by atoms with Crippen LogP contribution in [0.1, 0.15) is 33.6 Å². The van der Waals surface area contributed by atoms with Gasteiger partial charge >= 0.3 is 0 Å². The van der Waals surface area contributed by atoms with E-state index in [0.717, 1.165) is 17.8 Å². The first-order valence-corrected chi connectivity index (χ1v) is 4.03. The van der Waals surface area contributed by atoms with Crippen LogP contribution in [0.25, 0.3) is 0 Å². The molecule has 0 N–H and O–H groups in total. The summed E-state index contributed by atoms with van der Waals surface area (Å²) in [4.78, 5) is 0. The Morgan fingerprint density at radius 2 is 1.44 bits per heavy atom. The quantitative estimate of drug-likeness (QED) is 0.467. The SMILES string of the molecule is CC1[CH]C(C)CC(C)C1. The second-order valence-electron chi connectivity index (χ2n) is 3.72. The normalized spacial score (nSPS) is 45.0. The zero-order valence-corrected chi connectivity index (χ0v) is 6.72. The molecule has 1 saturated carbocycles. The summed E-state index contributed by atoms with van der Waals surface area (Å²) in [5.41, 5.74) is 0. The minimum Gasteiger partial charge on any atom is -0.0625 e. The van der Waals surface area contributed by atoms with Crippen molar-refractivity contribution < 1.29 is 0 Å². The van der Waals surface area contributed by atoms with E-state index in [1.54, 1.807) is 0 Å². The molecule has 1 radical (unpaired) electrons. The smallest absolute Gasteiger partial charge is 0.0329 e. The van der Waals surface area contributed by atoms with Crippen LogP contribution in [0.5, 0.6) is 0 Å². The van der Waals surface area contributed by atoms with Crippen molar-refractivity contribution >= 4 is 0 Å². The largest absolute Gasteiger partial charge is 0.0625 e. The van der Waals surface area contributed by atoms with E-state index < -0.39 is 0 Å². The van der Waals surface area contributed by atoms with Crippen LogP contribution < -0.4 is 0 Å². The molecule has 0 saturated heterocycles. The van der Waals surface area contributed by atoms with Crippen LogP contribution in [0.3, 0.4) is 0 Å². The van der Waals surface area contributed by atoms with Gasteiger partial charge in [0.2, 0.25) is 0 Å². The predicted molar refractivity (Wildman–Crippen MR) is 41.0 cm³/mol. The summed E-state index contributed by atoms with van der Waals surface area (Å²) in [5, 5.41) is 0. The van der Waals surface area contributed by atoms with Gasteiger partial charge in [-0.05, 0) is 37.0 Å². The second kappa shape index (κ2) is 2.72. The zero-order chi connectivity index (χ0) is 6.85. The van der Waals surface area contributed by atoms with E-state index in [9.17, 15) is 0 Å². The predicted octanol–water partition coefficient (Wildman–Crippen LogP) is 2.89. The van der Waals surface area contributed by atoms with Gasteiger partial charge in [-0.25, -0.2) is 0 Å². The lowest BCUT2D eigenvalue weighted by Crippen LogP contribution is -2.17. The first kappa shape index (κ1) is 7.11. The topological polar surface area (TPSA) is 0 Å². The van der Waals surface area contributed by atoms with Crippen LogP contribution in [0, 0.1) is 24.2 Å². The molecule has 9 heavy (non-hydrogen) atoms. The highest BCUT2D eigenvalue weighted by molar-refractivity contribution is 4.85. The van der Waals surface area contributed by atoms with Crippen molar-refractivity contribution in [3.8, 4) is 0 Å². The minimum absolute atomic E-state index is 0.865. The molecule has 2 unspecified atom stereocenters. The van der Waals surface area contributed by atoms with Gasteiger partial charge in [0, 0.05) is 0 Å². The summed E-state index contributed by atoms with van der Waals surface area (Å²) in [5.74, 6) is 2.69. The molecule has 2 atom stereocenters. The average Bonchev–Trinajstić information content (AvgIpc) is 1.59. The van der Waals surface area contributed by atoms with Crippen LogP contribution in [-0.4, -0.2) is 0 Å². The van der Waals surface area contributed by atoms with Crippen LogP contribution >= 0.6 is 0 Å². The fourth-order valence-electron chi connectivity index (χ4n) is 2.08. The molecule has 0 aromatic carbocycles. The van der Waals surface area contributed by atoms with Crippen LogP contribution in [0.15, 0.2) is 0 Å². The molecule has 0 nitrogen and oxygen atoms in total. The molecule has 53 valence electrons. The lowest BCUT2D eigenvalue weighted by atomic mass is 9.78. The monoisotopic (exact) mass is 125 g/mol. The Morgan fingerprint density at radius 1 is 1.00 bits per heavy atom. The van der Waals surface area contributed by atoms with Crippen molar-refractivity contribution in [2.24, 2.45) is 17.8 Å². The first-order valence-electron chi connectivity index (χ1n) is 4.03. The van der Waals surface area contributed by atoms with E-state index in [2.05, 4.69) is 27.2 Å². The minimum atomic E-state index is 0.865. The molecule has 0 bridgehead atoms. The maximum Gasteiger partial charge on any atom is -0.0329 e. The number of hydrogen-bond donors (Lipinski definition) is 0. The van der Waals surface area contributed by atoms with Crippen molar-refractivity contribution in [3.05, 3.63) is 6.42 Å². The third-order valence-corrected chi connectivity index (χ3v) is 2.21. The maximum absolute atomic E-state index is 2.49. The third kappa shape index (κ3) is 2.00. The standard InChI is InChI=1S/C9H17/c1-7-4-8(2)6-9(3)5-7/h4,7-9H,5-6H2,1-3H3. The third-order valence-electron chi connectivity index (χ3n) is 2.21. The van der Waals surface area contributed by atoms with Crippen molar-refractivity contribution in [3.63, 3.8) is 0 Å². The summed E-state index contributed by atoms with van der Waals surface area (Å²) in [7, 11) is 0. The Kier molecular flexibility index (Phi) is 2.15. The van der Waals surface area contributed by atoms with Gasteiger partial charge in [-0.15, -0.1) is 0 Å². The Labute approximate surface area is 58.7 Å². The lowest BCUT2D eigenvalue weighted by Gasteiger charge is -2.28. The van der Waals surface area contributed by atoms with E-state index >= 15 is 0 Å². The highest BCUT2D eigenvalue weighted by Gasteiger charge is 2.20. The first-order chi connectivity index (χ1) is 4.18. The summed E-state index contributed by atoms with van der Waals surface area (Å²) < 4.78 is 0. The molecule has 0 spiro atoms. The van der Waals surface area contributed by atoms with E-state index in [0.29, 0.717) is 0 Å². The number of rotatable bonds is 0. The molecule has 1 fully saturated rings. The van der Waals surface area contributed by atoms with Crippen LogP contribution in [0.2, 0.25) is 0 Å². The van der Waals surface area contributed by atoms with Crippen LogP contribution in [-0.2, 0) is 0 Å². The summed E-state index contributed by atoms with van der Waals surface area (Å²) in [6, 6.07) is 0. The van der Waals surface area contributed by atoms with Gasteiger partial charge in [0.1, 0.15) is 0 Å². The van der Waals surface area contributed by atoms with Crippen molar-refractivity contribution in [2.45, 2.75) is 33.6 Å². The Morgan fingerprint density at radius 3 is 1.78 bits per heavy atom. The molecule has 0 heteroatoms. The van der Waals surface area contributed by atoms with E-state index in [4.69, 9.17) is 0 Å².